The van der Waals surface area contributed by atoms with Crippen molar-refractivity contribution in [1.29, 1.82) is 0 Å². The minimum Gasteiger partial charge on any atom is -0.395 e. The van der Waals surface area contributed by atoms with Crippen LogP contribution in [-0.2, 0) is 11.2 Å². The highest BCUT2D eigenvalue weighted by molar-refractivity contribution is 5.82. The van der Waals surface area contributed by atoms with E-state index >= 15 is 0 Å². The van der Waals surface area contributed by atoms with Crippen LogP contribution in [0.3, 0.4) is 0 Å². The smallest absolute Gasteiger partial charge is 0.239 e. The van der Waals surface area contributed by atoms with Crippen LogP contribution in [0.4, 0.5) is 0 Å². The summed E-state index contributed by atoms with van der Waals surface area (Å²) < 4.78 is 0. The van der Waals surface area contributed by atoms with Crippen molar-refractivity contribution in [2.24, 2.45) is 0 Å². The van der Waals surface area contributed by atoms with E-state index in [1.54, 1.807) is 4.90 Å². The topological polar surface area (TPSA) is 113 Å². The zero-order chi connectivity index (χ0) is 18.4. The summed E-state index contributed by atoms with van der Waals surface area (Å²) in [5.41, 5.74) is 1.22. The molecule has 140 valence electrons. The van der Waals surface area contributed by atoms with Crippen LogP contribution in [-0.4, -0.2) is 81.8 Å². The van der Waals surface area contributed by atoms with Crippen molar-refractivity contribution in [1.82, 2.24) is 10.2 Å². The molecule has 1 aromatic rings. The molecule has 7 heteroatoms. The van der Waals surface area contributed by atoms with E-state index in [0.29, 0.717) is 6.54 Å². The fraction of sp³-hybridized carbons (Fsp3) is 0.611. The maximum absolute atomic E-state index is 12.2. The van der Waals surface area contributed by atoms with Gasteiger partial charge in [0, 0.05) is 7.05 Å². The van der Waals surface area contributed by atoms with Crippen LogP contribution < -0.4 is 5.32 Å². The standard InChI is InChI=1S/C18H28N2O5/c1-19-18(25)14-16(23)17(24)15(22)13(11-21)20(14)10-6-5-9-12-7-3-2-4-8-12/h2-4,7-8,13-17,21-24H,5-6,9-11H2,1H3,(H,19,25). The third-order valence-corrected chi connectivity index (χ3v) is 4.88. The van der Waals surface area contributed by atoms with Crippen LogP contribution in [0.2, 0.25) is 0 Å². The quantitative estimate of drug-likeness (QED) is 0.398. The molecule has 0 spiro atoms. The van der Waals surface area contributed by atoms with E-state index in [-0.39, 0.29) is 0 Å². The number of rotatable bonds is 7. The number of amides is 1. The number of carbonyl (C=O) groups is 1. The summed E-state index contributed by atoms with van der Waals surface area (Å²) in [5, 5.41) is 42.5. The van der Waals surface area contributed by atoms with Gasteiger partial charge in [0.1, 0.15) is 24.4 Å². The summed E-state index contributed by atoms with van der Waals surface area (Å²) in [7, 11) is 1.45. The monoisotopic (exact) mass is 352 g/mol. The Morgan fingerprint density at radius 1 is 1.08 bits per heavy atom. The molecule has 0 bridgehead atoms. The Hall–Kier alpha value is -1.51. The molecule has 1 aliphatic rings. The maximum Gasteiger partial charge on any atom is 0.239 e. The van der Waals surface area contributed by atoms with Crippen molar-refractivity contribution in [3.05, 3.63) is 35.9 Å². The second-order valence-electron chi connectivity index (χ2n) is 6.46. The van der Waals surface area contributed by atoms with E-state index in [2.05, 4.69) is 17.4 Å². The summed E-state index contributed by atoms with van der Waals surface area (Å²) >= 11 is 0. The van der Waals surface area contributed by atoms with Crippen molar-refractivity contribution in [2.45, 2.75) is 49.7 Å². The molecule has 1 heterocycles. The first-order valence-corrected chi connectivity index (χ1v) is 8.67. The van der Waals surface area contributed by atoms with E-state index in [1.165, 1.54) is 12.6 Å². The molecule has 7 nitrogen and oxygen atoms in total. The predicted molar refractivity (Wildman–Crippen MR) is 92.8 cm³/mol. The molecule has 5 N–H and O–H groups in total. The normalized spacial score (nSPS) is 30.2. The molecule has 1 aliphatic heterocycles. The van der Waals surface area contributed by atoms with Gasteiger partial charge in [0.2, 0.25) is 5.91 Å². The van der Waals surface area contributed by atoms with E-state index in [4.69, 9.17) is 0 Å². The summed E-state index contributed by atoms with van der Waals surface area (Å²) in [4.78, 5) is 13.8. The summed E-state index contributed by atoms with van der Waals surface area (Å²) in [5.74, 6) is -0.444. The van der Waals surface area contributed by atoms with Gasteiger partial charge in [-0.15, -0.1) is 0 Å². The van der Waals surface area contributed by atoms with E-state index in [1.807, 2.05) is 18.2 Å². The molecular weight excluding hydrogens is 324 g/mol. The number of aliphatic hydroxyl groups excluding tert-OH is 4. The summed E-state index contributed by atoms with van der Waals surface area (Å²) in [6.07, 6.45) is -1.71. The Balaban J connectivity index is 2.02. The minimum atomic E-state index is -1.47. The molecule has 25 heavy (non-hydrogen) atoms. The fourth-order valence-electron chi connectivity index (χ4n) is 3.45. The highest BCUT2D eigenvalue weighted by Crippen LogP contribution is 2.25. The van der Waals surface area contributed by atoms with E-state index in [0.717, 1.165) is 19.3 Å². The molecular formula is C18H28N2O5. The van der Waals surface area contributed by atoms with Gasteiger partial charge in [0.05, 0.1) is 12.6 Å². The number of likely N-dealkylation sites (N-methyl/N-ethyl adjacent to an activating group) is 1. The fourth-order valence-corrected chi connectivity index (χ4v) is 3.45. The van der Waals surface area contributed by atoms with Crippen LogP contribution in [0.25, 0.3) is 0 Å². The first-order valence-electron chi connectivity index (χ1n) is 8.67. The predicted octanol–water partition coefficient (Wildman–Crippen LogP) is -1.12. The van der Waals surface area contributed by atoms with Crippen molar-refractivity contribution in [3.8, 4) is 0 Å². The van der Waals surface area contributed by atoms with Gasteiger partial charge in [-0.25, -0.2) is 0 Å². The number of nitrogens with one attached hydrogen (secondary N) is 1. The number of nitrogens with zero attached hydrogens (tertiary/aromatic N) is 1. The van der Waals surface area contributed by atoms with Crippen molar-refractivity contribution >= 4 is 5.91 Å². The number of unbranched alkanes of at least 4 members (excludes halogenated alkanes) is 1. The summed E-state index contributed by atoms with van der Waals surface area (Å²) in [6, 6.07) is 8.23. The zero-order valence-electron chi connectivity index (χ0n) is 14.5. The third kappa shape index (κ3) is 4.56. The molecule has 1 saturated heterocycles. The van der Waals surface area contributed by atoms with Crippen LogP contribution in [0.5, 0.6) is 0 Å². The number of likely N-dealkylation sites (tertiary alicyclic amines) is 1. The molecule has 1 aromatic carbocycles. The lowest BCUT2D eigenvalue weighted by atomic mass is 9.87. The number of carbonyl (C=O) groups excluding carboxylic acids is 1. The molecule has 0 saturated carbocycles. The van der Waals surface area contributed by atoms with E-state index < -0.39 is 42.9 Å². The Labute approximate surface area is 147 Å². The first-order chi connectivity index (χ1) is 12.0. The summed E-state index contributed by atoms with van der Waals surface area (Å²) in [6.45, 7) is 0.0219. The molecule has 5 atom stereocenters. The highest BCUT2D eigenvalue weighted by Gasteiger charge is 2.49. The van der Waals surface area contributed by atoms with Gasteiger partial charge in [-0.2, -0.15) is 0 Å². The lowest BCUT2D eigenvalue weighted by Gasteiger charge is -2.47. The average Bonchev–Trinajstić information content (AvgIpc) is 2.64. The second-order valence-corrected chi connectivity index (χ2v) is 6.46. The third-order valence-electron chi connectivity index (χ3n) is 4.88. The zero-order valence-corrected chi connectivity index (χ0v) is 14.5. The van der Waals surface area contributed by atoms with E-state index in [9.17, 15) is 25.2 Å². The molecule has 5 unspecified atom stereocenters. The number of aliphatic hydroxyl groups is 4. The molecule has 2 rings (SSSR count). The second kappa shape index (κ2) is 9.26. The molecule has 0 radical (unpaired) electrons. The molecule has 0 aliphatic carbocycles. The molecule has 1 fully saturated rings. The van der Waals surface area contributed by atoms with Gasteiger partial charge in [0.15, 0.2) is 0 Å². The van der Waals surface area contributed by atoms with Gasteiger partial charge >= 0.3 is 0 Å². The lowest BCUT2D eigenvalue weighted by Crippen LogP contribution is -2.70. The average molecular weight is 352 g/mol. The SMILES string of the molecule is CNC(=O)C1C(O)C(O)C(O)C(CO)N1CCCCc1ccccc1. The Bertz CT molecular complexity index is 542. The van der Waals surface area contributed by atoms with Crippen LogP contribution in [0, 0.1) is 0 Å². The number of benzene rings is 1. The van der Waals surface area contributed by atoms with Crippen molar-refractivity contribution < 1.29 is 25.2 Å². The first kappa shape index (κ1) is 19.8. The minimum absolute atomic E-state index is 0.406. The molecule has 0 aromatic heterocycles. The largest absolute Gasteiger partial charge is 0.395 e. The Morgan fingerprint density at radius 2 is 1.76 bits per heavy atom. The number of piperidine rings is 1. The van der Waals surface area contributed by atoms with Crippen molar-refractivity contribution in [3.63, 3.8) is 0 Å². The van der Waals surface area contributed by atoms with Gasteiger partial charge in [-0.05, 0) is 31.4 Å². The molecule has 1 amide bonds. The Morgan fingerprint density at radius 3 is 2.36 bits per heavy atom. The highest BCUT2D eigenvalue weighted by atomic mass is 16.4. The van der Waals surface area contributed by atoms with Gasteiger partial charge in [-0.1, -0.05) is 30.3 Å². The van der Waals surface area contributed by atoms with Crippen LogP contribution >= 0.6 is 0 Å². The lowest BCUT2D eigenvalue weighted by molar-refractivity contribution is -0.178. The Kier molecular flexibility index (Phi) is 7.34. The van der Waals surface area contributed by atoms with Gasteiger partial charge < -0.3 is 25.7 Å². The number of aryl methyl sites for hydroxylation is 1. The van der Waals surface area contributed by atoms with Gasteiger partial charge in [0.25, 0.3) is 0 Å². The van der Waals surface area contributed by atoms with Crippen LogP contribution in [0.15, 0.2) is 30.3 Å². The number of hydrogen-bond donors (Lipinski definition) is 5. The van der Waals surface area contributed by atoms with Crippen molar-refractivity contribution in [2.75, 3.05) is 20.2 Å². The number of hydrogen-bond acceptors (Lipinski definition) is 6. The van der Waals surface area contributed by atoms with Gasteiger partial charge in [-0.3, -0.25) is 9.69 Å². The maximum atomic E-state index is 12.2. The van der Waals surface area contributed by atoms with Crippen LogP contribution in [0.1, 0.15) is 18.4 Å².